The molecule has 1 unspecified atom stereocenters. The van der Waals surface area contributed by atoms with Crippen LogP contribution in [0.15, 0.2) is 6.07 Å². The fourth-order valence-corrected chi connectivity index (χ4v) is 2.87. The molecule has 2 rings (SSSR count). The van der Waals surface area contributed by atoms with Crippen LogP contribution in [0.25, 0.3) is 0 Å². The first-order chi connectivity index (χ1) is 7.60. The van der Waals surface area contributed by atoms with Gasteiger partial charge in [-0.05, 0) is 32.0 Å². The zero-order valence-corrected chi connectivity index (χ0v) is 10.5. The van der Waals surface area contributed by atoms with Crippen molar-refractivity contribution in [1.29, 1.82) is 0 Å². The zero-order valence-electron chi connectivity index (χ0n) is 9.65. The molecule has 88 valence electrons. The van der Waals surface area contributed by atoms with Gasteiger partial charge in [0.15, 0.2) is 5.06 Å². The molecule has 0 aliphatic carbocycles. The van der Waals surface area contributed by atoms with E-state index in [-0.39, 0.29) is 0 Å². The lowest BCUT2D eigenvalue weighted by atomic mass is 10.0. The number of hydrogen-bond acceptors (Lipinski definition) is 5. The number of rotatable bonds is 1. The second-order valence-corrected chi connectivity index (χ2v) is 5.14. The van der Waals surface area contributed by atoms with Crippen molar-refractivity contribution in [3.8, 4) is 5.06 Å². The molecule has 0 amide bonds. The van der Waals surface area contributed by atoms with Gasteiger partial charge in [0, 0.05) is 17.5 Å². The summed E-state index contributed by atoms with van der Waals surface area (Å²) in [7, 11) is 3.42. The topological polar surface area (TPSA) is 38.8 Å². The summed E-state index contributed by atoms with van der Waals surface area (Å²) in [6.07, 6.45) is 0.354. The predicted molar refractivity (Wildman–Crippen MR) is 62.0 cm³/mol. The summed E-state index contributed by atoms with van der Waals surface area (Å²) in [5.41, 5.74) is 1.29. The third-order valence-electron chi connectivity index (χ3n) is 2.89. The molecular weight excluding hydrogens is 226 g/mol. The van der Waals surface area contributed by atoms with Crippen LogP contribution in [0.5, 0.6) is 5.06 Å². The quantitative estimate of drug-likeness (QED) is 0.707. The van der Waals surface area contributed by atoms with Crippen molar-refractivity contribution in [2.75, 3.05) is 14.2 Å². The summed E-state index contributed by atoms with van der Waals surface area (Å²) in [5.74, 6) is 0. The van der Waals surface area contributed by atoms with Crippen LogP contribution in [-0.4, -0.2) is 31.3 Å². The Kier molecular flexibility index (Phi) is 3.16. The Hall–Kier alpha value is -1.07. The number of fused-ring (bicyclic) bond motifs is 1. The van der Waals surface area contributed by atoms with Crippen molar-refractivity contribution < 1.29 is 14.3 Å². The fraction of sp³-hybridized carbons (Fsp3) is 0.545. The van der Waals surface area contributed by atoms with Crippen LogP contribution >= 0.6 is 11.3 Å². The maximum absolute atomic E-state index is 11.0. The van der Waals surface area contributed by atoms with Crippen molar-refractivity contribution in [3.63, 3.8) is 0 Å². The maximum Gasteiger partial charge on any atom is 0.514 e. The van der Waals surface area contributed by atoms with Gasteiger partial charge in [-0.25, -0.2) is 4.79 Å². The highest BCUT2D eigenvalue weighted by Crippen LogP contribution is 2.34. The van der Waals surface area contributed by atoms with Crippen LogP contribution in [-0.2, 0) is 17.7 Å². The van der Waals surface area contributed by atoms with E-state index in [1.165, 1.54) is 28.9 Å². The van der Waals surface area contributed by atoms with E-state index < -0.39 is 6.16 Å². The van der Waals surface area contributed by atoms with Crippen molar-refractivity contribution >= 4 is 17.5 Å². The van der Waals surface area contributed by atoms with Gasteiger partial charge in [0.2, 0.25) is 0 Å². The average molecular weight is 241 g/mol. The van der Waals surface area contributed by atoms with Crippen molar-refractivity contribution in [2.24, 2.45) is 0 Å². The summed E-state index contributed by atoms with van der Waals surface area (Å²) in [5, 5.41) is 0.624. The summed E-state index contributed by atoms with van der Waals surface area (Å²) in [4.78, 5) is 14.5. The number of nitrogens with zero attached hydrogens (tertiary/aromatic N) is 1. The van der Waals surface area contributed by atoms with Crippen LogP contribution in [0.2, 0.25) is 0 Å². The molecule has 0 fully saturated rings. The Morgan fingerprint density at radius 2 is 2.38 bits per heavy atom. The first-order valence-electron chi connectivity index (χ1n) is 5.17. The molecule has 0 saturated heterocycles. The third-order valence-corrected chi connectivity index (χ3v) is 3.93. The molecule has 4 nitrogen and oxygen atoms in total. The molecule has 16 heavy (non-hydrogen) atoms. The molecule has 0 N–H and O–H groups in total. The smallest absolute Gasteiger partial charge is 0.437 e. The standard InChI is InChI=1S/C11H15NO3S/c1-7-4-8-5-10(15-11(13)14-3)16-9(8)6-12(7)2/h5,7H,4,6H2,1-3H3. The molecule has 1 aliphatic heterocycles. The molecule has 1 aromatic rings. The zero-order chi connectivity index (χ0) is 11.7. The first-order valence-corrected chi connectivity index (χ1v) is 5.99. The molecular formula is C11H15NO3S. The van der Waals surface area contributed by atoms with Gasteiger partial charge in [-0.3, -0.25) is 4.90 Å². The van der Waals surface area contributed by atoms with E-state index in [1.54, 1.807) is 0 Å². The van der Waals surface area contributed by atoms with E-state index in [1.807, 2.05) is 6.07 Å². The van der Waals surface area contributed by atoms with E-state index in [9.17, 15) is 4.79 Å². The van der Waals surface area contributed by atoms with Gasteiger partial charge in [-0.15, -0.1) is 11.3 Å². The van der Waals surface area contributed by atoms with E-state index >= 15 is 0 Å². The Morgan fingerprint density at radius 3 is 3.06 bits per heavy atom. The largest absolute Gasteiger partial charge is 0.514 e. The number of likely N-dealkylation sites (N-methyl/N-ethyl adjacent to an activating group) is 1. The van der Waals surface area contributed by atoms with Gasteiger partial charge in [0.25, 0.3) is 0 Å². The molecule has 0 saturated carbocycles. The fourth-order valence-electron chi connectivity index (χ4n) is 1.78. The molecule has 1 aliphatic rings. The second kappa shape index (κ2) is 4.43. The van der Waals surface area contributed by atoms with Crippen LogP contribution in [0, 0.1) is 0 Å². The number of carbonyl (C=O) groups excluding carboxylic acids is 1. The minimum atomic E-state index is -0.653. The molecule has 1 atom stereocenters. The van der Waals surface area contributed by atoms with Gasteiger partial charge in [-0.2, -0.15) is 0 Å². The summed E-state index contributed by atoms with van der Waals surface area (Å²) >= 11 is 1.52. The monoisotopic (exact) mass is 241 g/mol. The molecule has 2 heterocycles. The van der Waals surface area contributed by atoms with Crippen LogP contribution in [0.4, 0.5) is 4.79 Å². The van der Waals surface area contributed by atoms with Gasteiger partial charge in [0.1, 0.15) is 0 Å². The summed E-state index contributed by atoms with van der Waals surface area (Å²) < 4.78 is 9.49. The minimum Gasteiger partial charge on any atom is -0.437 e. The Balaban J connectivity index is 2.15. The molecule has 0 aromatic carbocycles. The lowest BCUT2D eigenvalue weighted by molar-refractivity contribution is 0.123. The summed E-state index contributed by atoms with van der Waals surface area (Å²) in [6, 6.07) is 2.48. The number of hydrogen-bond donors (Lipinski definition) is 0. The lowest BCUT2D eigenvalue weighted by Gasteiger charge is -2.29. The number of methoxy groups -OCH3 is 1. The Labute approximate surface area is 98.8 Å². The Bertz CT molecular complexity index is 374. The normalized spacial score (nSPS) is 20.3. The minimum absolute atomic E-state index is 0.535. The molecule has 1 aromatic heterocycles. The van der Waals surface area contributed by atoms with Gasteiger partial charge in [-0.1, -0.05) is 0 Å². The van der Waals surface area contributed by atoms with E-state index in [4.69, 9.17) is 4.74 Å². The van der Waals surface area contributed by atoms with Gasteiger partial charge >= 0.3 is 6.16 Å². The molecule has 0 spiro atoms. The van der Waals surface area contributed by atoms with Crippen molar-refractivity contribution in [1.82, 2.24) is 4.90 Å². The number of carbonyl (C=O) groups is 1. The molecule has 0 bridgehead atoms. The first kappa shape index (κ1) is 11.4. The van der Waals surface area contributed by atoms with Crippen molar-refractivity contribution in [2.45, 2.75) is 25.9 Å². The Morgan fingerprint density at radius 1 is 1.62 bits per heavy atom. The highest BCUT2D eigenvalue weighted by molar-refractivity contribution is 7.14. The third kappa shape index (κ3) is 2.20. The van der Waals surface area contributed by atoms with E-state index in [0.717, 1.165) is 13.0 Å². The van der Waals surface area contributed by atoms with Crippen LogP contribution < -0.4 is 4.74 Å². The van der Waals surface area contributed by atoms with Crippen LogP contribution in [0.1, 0.15) is 17.4 Å². The SMILES string of the molecule is COC(=O)Oc1cc2c(s1)CN(C)C(C)C2. The predicted octanol–water partition coefficient (Wildman–Crippen LogP) is 2.27. The van der Waals surface area contributed by atoms with Crippen LogP contribution in [0.3, 0.4) is 0 Å². The highest BCUT2D eigenvalue weighted by Gasteiger charge is 2.23. The lowest BCUT2D eigenvalue weighted by Crippen LogP contribution is -2.34. The van der Waals surface area contributed by atoms with Gasteiger partial charge in [0.05, 0.1) is 7.11 Å². The average Bonchev–Trinajstić information content (AvgIpc) is 2.60. The summed E-state index contributed by atoms with van der Waals surface area (Å²) in [6.45, 7) is 3.12. The maximum atomic E-state index is 11.0. The van der Waals surface area contributed by atoms with Crippen molar-refractivity contribution in [3.05, 3.63) is 16.5 Å². The number of thiophene rings is 1. The van der Waals surface area contributed by atoms with E-state index in [0.29, 0.717) is 11.1 Å². The highest BCUT2D eigenvalue weighted by atomic mass is 32.1. The molecule has 0 radical (unpaired) electrons. The number of ether oxygens (including phenoxy) is 2. The second-order valence-electron chi connectivity index (χ2n) is 4.04. The van der Waals surface area contributed by atoms with E-state index in [2.05, 4.69) is 23.6 Å². The van der Waals surface area contributed by atoms with Gasteiger partial charge < -0.3 is 9.47 Å². The molecule has 5 heteroatoms.